The van der Waals surface area contributed by atoms with Crippen LogP contribution in [0.15, 0.2) is 0 Å². The minimum absolute atomic E-state index is 0.305. The first-order valence-corrected chi connectivity index (χ1v) is 10.6. The van der Waals surface area contributed by atoms with E-state index >= 15 is 0 Å². The van der Waals surface area contributed by atoms with Crippen molar-refractivity contribution in [3.8, 4) is 0 Å². The Balaban J connectivity index is 3.09. The van der Waals surface area contributed by atoms with Crippen molar-refractivity contribution < 1.29 is 0 Å². The van der Waals surface area contributed by atoms with Crippen molar-refractivity contribution in [1.82, 2.24) is 0 Å². The highest BCUT2D eigenvalue weighted by Gasteiger charge is 2.03. The van der Waals surface area contributed by atoms with Crippen molar-refractivity contribution in [2.75, 3.05) is 0 Å². The van der Waals surface area contributed by atoms with Crippen molar-refractivity contribution in [2.24, 2.45) is 0 Å². The van der Waals surface area contributed by atoms with Gasteiger partial charge >= 0.3 is 0 Å². The lowest BCUT2D eigenvalue weighted by atomic mass is 10.2. The molecule has 0 aliphatic carbocycles. The molecule has 0 amide bonds. The van der Waals surface area contributed by atoms with Crippen LogP contribution in [-0.4, -0.2) is 8.80 Å². The van der Waals surface area contributed by atoms with Crippen LogP contribution < -0.4 is 0 Å². The van der Waals surface area contributed by atoms with Gasteiger partial charge in [-0.15, -0.1) is 0 Å². The van der Waals surface area contributed by atoms with Gasteiger partial charge in [-0.1, -0.05) is 96.7 Å². The SMILES string of the molecule is CCCCCCC[SiH](C)CCCCCCC. The van der Waals surface area contributed by atoms with Crippen LogP contribution in [-0.2, 0) is 0 Å². The van der Waals surface area contributed by atoms with E-state index in [1.165, 1.54) is 64.2 Å². The van der Waals surface area contributed by atoms with Gasteiger partial charge < -0.3 is 0 Å². The summed E-state index contributed by atoms with van der Waals surface area (Å²) < 4.78 is 0. The maximum absolute atomic E-state index is 2.58. The van der Waals surface area contributed by atoms with Gasteiger partial charge in [0.2, 0.25) is 0 Å². The van der Waals surface area contributed by atoms with Crippen LogP contribution in [0.4, 0.5) is 0 Å². The molecule has 0 radical (unpaired) electrons. The van der Waals surface area contributed by atoms with Gasteiger partial charge in [-0.3, -0.25) is 0 Å². The average molecular weight is 243 g/mol. The number of unbranched alkanes of at least 4 members (excludes halogenated alkanes) is 8. The van der Waals surface area contributed by atoms with E-state index in [2.05, 4.69) is 20.4 Å². The summed E-state index contributed by atoms with van der Waals surface area (Å²) in [6.45, 7) is 7.18. The van der Waals surface area contributed by atoms with Crippen molar-refractivity contribution in [1.29, 1.82) is 0 Å². The first kappa shape index (κ1) is 16.2. The van der Waals surface area contributed by atoms with Crippen molar-refractivity contribution >= 4 is 8.80 Å². The monoisotopic (exact) mass is 242 g/mol. The van der Waals surface area contributed by atoms with Crippen molar-refractivity contribution in [2.45, 2.75) is 96.7 Å². The molecule has 0 bridgehead atoms. The second-order valence-electron chi connectivity index (χ2n) is 5.51. The highest BCUT2D eigenvalue weighted by Crippen LogP contribution is 2.13. The molecule has 0 heterocycles. The smallest absolute Gasteiger partial charge is 0.0336 e. The van der Waals surface area contributed by atoms with Gasteiger partial charge in [0.05, 0.1) is 0 Å². The van der Waals surface area contributed by atoms with Gasteiger partial charge in [0.25, 0.3) is 0 Å². The molecule has 16 heavy (non-hydrogen) atoms. The van der Waals surface area contributed by atoms with Crippen LogP contribution in [0.2, 0.25) is 18.6 Å². The molecule has 0 saturated heterocycles. The lowest BCUT2D eigenvalue weighted by Crippen LogP contribution is -2.05. The second-order valence-corrected chi connectivity index (χ2v) is 8.88. The summed E-state index contributed by atoms with van der Waals surface area (Å²) in [7, 11) is -0.305. The predicted molar refractivity (Wildman–Crippen MR) is 80.1 cm³/mol. The second kappa shape index (κ2) is 13.3. The fourth-order valence-corrected chi connectivity index (χ4v) is 4.60. The fraction of sp³-hybridized carbons (Fsp3) is 1.00. The Hall–Kier alpha value is 0.217. The molecule has 1 heteroatoms. The van der Waals surface area contributed by atoms with E-state index < -0.39 is 0 Å². The zero-order valence-electron chi connectivity index (χ0n) is 12.1. The Morgan fingerprint density at radius 2 is 0.938 bits per heavy atom. The third-order valence-corrected chi connectivity index (χ3v) is 6.39. The molecule has 0 aliphatic rings. The Labute approximate surface area is 106 Å². The molecule has 0 fully saturated rings. The Bertz CT molecular complexity index is 109. The summed E-state index contributed by atoms with van der Waals surface area (Å²) in [6.07, 6.45) is 14.7. The lowest BCUT2D eigenvalue weighted by molar-refractivity contribution is 0.645. The van der Waals surface area contributed by atoms with Crippen molar-refractivity contribution in [3.63, 3.8) is 0 Å². The zero-order valence-corrected chi connectivity index (χ0v) is 13.2. The fourth-order valence-electron chi connectivity index (χ4n) is 2.34. The molecule has 0 unspecified atom stereocenters. The van der Waals surface area contributed by atoms with E-state index in [9.17, 15) is 0 Å². The molecule has 0 saturated carbocycles. The number of rotatable bonds is 12. The molecular formula is C15H34Si. The Morgan fingerprint density at radius 1 is 0.562 bits per heavy atom. The first-order valence-electron chi connectivity index (χ1n) is 7.81. The molecule has 0 nitrogen and oxygen atoms in total. The largest absolute Gasteiger partial charge is 0.0720 e. The first-order chi connectivity index (χ1) is 7.81. The molecule has 98 valence electrons. The molecule has 0 aliphatic heterocycles. The van der Waals surface area contributed by atoms with Gasteiger partial charge in [-0.05, 0) is 0 Å². The van der Waals surface area contributed by atoms with Gasteiger partial charge in [0.15, 0.2) is 0 Å². The highest BCUT2D eigenvalue weighted by molar-refractivity contribution is 6.57. The highest BCUT2D eigenvalue weighted by atomic mass is 28.3. The lowest BCUT2D eigenvalue weighted by Gasteiger charge is -2.09. The van der Waals surface area contributed by atoms with Gasteiger partial charge in [0.1, 0.15) is 0 Å². The molecule has 0 N–H and O–H groups in total. The Kier molecular flexibility index (Phi) is 13.5. The van der Waals surface area contributed by atoms with E-state index in [-0.39, 0.29) is 8.80 Å². The number of hydrogen-bond acceptors (Lipinski definition) is 0. The minimum atomic E-state index is -0.305. The molecule has 0 aromatic rings. The van der Waals surface area contributed by atoms with E-state index in [1.54, 1.807) is 12.1 Å². The average Bonchev–Trinajstić information content (AvgIpc) is 2.28. The van der Waals surface area contributed by atoms with Gasteiger partial charge in [0, 0.05) is 8.80 Å². The molecule has 0 atom stereocenters. The van der Waals surface area contributed by atoms with Crippen LogP contribution in [0.1, 0.15) is 78.1 Å². The molecule has 0 rings (SSSR count). The number of hydrogen-bond donors (Lipinski definition) is 0. The van der Waals surface area contributed by atoms with E-state index in [0.29, 0.717) is 0 Å². The summed E-state index contributed by atoms with van der Waals surface area (Å²) >= 11 is 0. The third-order valence-electron chi connectivity index (χ3n) is 3.60. The van der Waals surface area contributed by atoms with E-state index in [0.717, 1.165) is 0 Å². The minimum Gasteiger partial charge on any atom is -0.0720 e. The van der Waals surface area contributed by atoms with E-state index in [4.69, 9.17) is 0 Å². The zero-order chi connectivity index (χ0) is 12.1. The van der Waals surface area contributed by atoms with Gasteiger partial charge in [-0.2, -0.15) is 0 Å². The third kappa shape index (κ3) is 12.3. The maximum Gasteiger partial charge on any atom is 0.0336 e. The summed E-state index contributed by atoms with van der Waals surface area (Å²) in [5, 5.41) is 0. The van der Waals surface area contributed by atoms with Gasteiger partial charge in [-0.25, -0.2) is 0 Å². The molecule has 0 spiro atoms. The van der Waals surface area contributed by atoms with Crippen LogP contribution in [0.3, 0.4) is 0 Å². The molecular weight excluding hydrogens is 208 g/mol. The van der Waals surface area contributed by atoms with E-state index in [1.807, 2.05) is 0 Å². The normalized spacial score (nSPS) is 11.2. The van der Waals surface area contributed by atoms with Crippen LogP contribution in [0, 0.1) is 0 Å². The van der Waals surface area contributed by atoms with Crippen LogP contribution in [0.25, 0.3) is 0 Å². The summed E-state index contributed by atoms with van der Waals surface area (Å²) in [5.41, 5.74) is 0. The van der Waals surface area contributed by atoms with Crippen LogP contribution in [0.5, 0.6) is 0 Å². The summed E-state index contributed by atoms with van der Waals surface area (Å²) in [4.78, 5) is 0. The standard InChI is InChI=1S/C15H34Si/c1-4-6-8-10-12-14-16(3)15-13-11-9-7-5-2/h16H,4-15H2,1-3H3. The molecule has 0 aromatic carbocycles. The summed E-state index contributed by atoms with van der Waals surface area (Å²) in [6, 6.07) is 3.22. The maximum atomic E-state index is 2.58. The van der Waals surface area contributed by atoms with Crippen molar-refractivity contribution in [3.05, 3.63) is 0 Å². The Morgan fingerprint density at radius 3 is 1.31 bits per heavy atom. The summed E-state index contributed by atoms with van der Waals surface area (Å²) in [5.74, 6) is 0. The molecule has 0 aromatic heterocycles. The van der Waals surface area contributed by atoms with Crippen LogP contribution >= 0.6 is 0 Å². The quantitative estimate of drug-likeness (QED) is 0.300. The predicted octanol–water partition coefficient (Wildman–Crippen LogP) is 5.78. The topological polar surface area (TPSA) is 0 Å².